The highest BCUT2D eigenvalue weighted by atomic mass is 16.5. The first-order valence-corrected chi connectivity index (χ1v) is 8.56. The van der Waals surface area contributed by atoms with Crippen LogP contribution in [0.2, 0.25) is 0 Å². The Kier molecular flexibility index (Phi) is 6.86. The quantitative estimate of drug-likeness (QED) is 0.606. The molecule has 24 heavy (non-hydrogen) atoms. The first-order valence-electron chi connectivity index (χ1n) is 8.56. The lowest BCUT2D eigenvalue weighted by Gasteiger charge is -2.12. The molecule has 0 saturated carbocycles. The number of methoxy groups -OCH3 is 1. The van der Waals surface area contributed by atoms with Crippen molar-refractivity contribution in [3.05, 3.63) is 53.6 Å². The molecule has 0 bridgehead atoms. The number of aliphatic imine (C=N–C) groups is 1. The zero-order valence-electron chi connectivity index (χ0n) is 15.1. The molecule has 2 rings (SSSR count). The molecule has 0 amide bonds. The molecule has 0 aliphatic rings. The van der Waals surface area contributed by atoms with Crippen molar-refractivity contribution in [3.63, 3.8) is 0 Å². The zero-order chi connectivity index (χ0) is 17.4. The van der Waals surface area contributed by atoms with Gasteiger partial charge in [-0.05, 0) is 60.2 Å². The van der Waals surface area contributed by atoms with E-state index in [-0.39, 0.29) is 0 Å². The molecule has 0 aliphatic carbocycles. The fourth-order valence-electron chi connectivity index (χ4n) is 2.26. The molecule has 3 heteroatoms. The third-order valence-corrected chi connectivity index (χ3v) is 3.85. The molecule has 0 saturated heterocycles. The predicted molar refractivity (Wildman–Crippen MR) is 101 cm³/mol. The minimum absolute atomic E-state index is 0.626. The second kappa shape index (κ2) is 9.11. The first kappa shape index (κ1) is 18.1. The number of ether oxygens (including phenoxy) is 2. The lowest BCUT2D eigenvalue weighted by molar-refractivity contribution is 0.273. The van der Waals surface area contributed by atoms with Gasteiger partial charge in [0.25, 0.3) is 0 Å². The van der Waals surface area contributed by atoms with Crippen molar-refractivity contribution in [2.24, 2.45) is 10.9 Å². The van der Waals surface area contributed by atoms with E-state index >= 15 is 0 Å². The summed E-state index contributed by atoms with van der Waals surface area (Å²) in [7, 11) is 1.66. The lowest BCUT2D eigenvalue weighted by Crippen LogP contribution is -2.02. The van der Waals surface area contributed by atoms with Gasteiger partial charge in [0, 0.05) is 6.21 Å². The molecule has 2 aromatic rings. The third-order valence-electron chi connectivity index (χ3n) is 3.85. The Morgan fingerprint density at radius 3 is 2.42 bits per heavy atom. The van der Waals surface area contributed by atoms with E-state index in [9.17, 15) is 0 Å². The van der Waals surface area contributed by atoms with Crippen LogP contribution in [0.25, 0.3) is 0 Å². The maximum absolute atomic E-state index is 5.81. The Balaban J connectivity index is 2.06. The van der Waals surface area contributed by atoms with E-state index in [0.717, 1.165) is 35.6 Å². The fourth-order valence-corrected chi connectivity index (χ4v) is 2.26. The molecule has 2 aromatic carbocycles. The summed E-state index contributed by atoms with van der Waals surface area (Å²) >= 11 is 0. The monoisotopic (exact) mass is 325 g/mol. The van der Waals surface area contributed by atoms with E-state index in [0.29, 0.717) is 12.5 Å². The molecule has 0 heterocycles. The summed E-state index contributed by atoms with van der Waals surface area (Å²) < 4.78 is 11.3. The summed E-state index contributed by atoms with van der Waals surface area (Å²) in [6, 6.07) is 14.2. The fraction of sp³-hybridized carbons (Fsp3) is 0.381. The van der Waals surface area contributed by atoms with Gasteiger partial charge in [-0.15, -0.1) is 0 Å². The van der Waals surface area contributed by atoms with Crippen molar-refractivity contribution in [2.45, 2.75) is 33.6 Å². The summed E-state index contributed by atoms with van der Waals surface area (Å²) in [5, 5.41) is 0. The summed E-state index contributed by atoms with van der Waals surface area (Å²) in [4.78, 5) is 4.52. The largest absolute Gasteiger partial charge is 0.493 e. The molecule has 0 N–H and O–H groups in total. The summed E-state index contributed by atoms with van der Waals surface area (Å²) in [6.07, 6.45) is 3.92. The van der Waals surface area contributed by atoms with Crippen LogP contribution in [0.5, 0.6) is 11.5 Å². The van der Waals surface area contributed by atoms with E-state index in [1.165, 1.54) is 5.56 Å². The van der Waals surface area contributed by atoms with E-state index in [2.05, 4.69) is 37.9 Å². The standard InChI is InChI=1S/C21H27NO2/c1-5-17-6-9-19(10-7-17)22-15-18-8-11-20(21(14-18)23-4)24-13-12-16(2)3/h6-11,14-16H,5,12-13H2,1-4H3. The minimum Gasteiger partial charge on any atom is -0.493 e. The summed E-state index contributed by atoms with van der Waals surface area (Å²) in [6.45, 7) is 7.22. The molecule has 0 atom stereocenters. The molecule has 128 valence electrons. The van der Waals surface area contributed by atoms with Crippen molar-refractivity contribution in [1.82, 2.24) is 0 Å². The summed E-state index contributed by atoms with van der Waals surface area (Å²) in [5.41, 5.74) is 3.25. The van der Waals surface area contributed by atoms with Crippen molar-refractivity contribution < 1.29 is 9.47 Å². The van der Waals surface area contributed by atoms with Crippen molar-refractivity contribution >= 4 is 11.9 Å². The van der Waals surface area contributed by atoms with E-state index in [1.807, 2.05) is 36.5 Å². The molecular formula is C21H27NO2. The average Bonchev–Trinajstić information content (AvgIpc) is 2.60. The van der Waals surface area contributed by atoms with Crippen LogP contribution in [0.1, 0.15) is 38.3 Å². The van der Waals surface area contributed by atoms with E-state index in [4.69, 9.17) is 9.47 Å². The smallest absolute Gasteiger partial charge is 0.161 e. The second-order valence-corrected chi connectivity index (χ2v) is 6.22. The van der Waals surface area contributed by atoms with E-state index < -0.39 is 0 Å². The molecule has 3 nitrogen and oxygen atoms in total. The topological polar surface area (TPSA) is 30.8 Å². The molecule has 0 aromatic heterocycles. The van der Waals surface area contributed by atoms with Crippen molar-refractivity contribution in [1.29, 1.82) is 0 Å². The molecule has 0 spiro atoms. The van der Waals surface area contributed by atoms with E-state index in [1.54, 1.807) is 7.11 Å². The SMILES string of the molecule is CCc1ccc(N=Cc2ccc(OCCC(C)C)c(OC)c2)cc1. The van der Waals surface area contributed by atoms with Crippen LogP contribution in [-0.2, 0) is 6.42 Å². The predicted octanol–water partition coefficient (Wildman–Crippen LogP) is 5.43. The normalized spacial score (nSPS) is 11.2. The van der Waals surface area contributed by atoms with Crippen molar-refractivity contribution in [2.75, 3.05) is 13.7 Å². The average molecular weight is 325 g/mol. The van der Waals surface area contributed by atoms with Gasteiger partial charge < -0.3 is 9.47 Å². The number of nitrogens with zero attached hydrogens (tertiary/aromatic N) is 1. The van der Waals surface area contributed by atoms with Crippen LogP contribution in [0.15, 0.2) is 47.5 Å². The van der Waals surface area contributed by atoms with Gasteiger partial charge >= 0.3 is 0 Å². The van der Waals surface area contributed by atoms with Gasteiger partial charge in [0.15, 0.2) is 11.5 Å². The van der Waals surface area contributed by atoms with Crippen LogP contribution < -0.4 is 9.47 Å². The Labute approximate surface area is 145 Å². The van der Waals surface area contributed by atoms with Gasteiger partial charge in [-0.1, -0.05) is 32.9 Å². The first-order chi connectivity index (χ1) is 11.6. The van der Waals surface area contributed by atoms with Gasteiger partial charge in [-0.2, -0.15) is 0 Å². The summed E-state index contributed by atoms with van der Waals surface area (Å²) in [5.74, 6) is 2.15. The number of aryl methyl sites for hydroxylation is 1. The van der Waals surface area contributed by atoms with Crippen LogP contribution >= 0.6 is 0 Å². The van der Waals surface area contributed by atoms with Crippen LogP contribution in [-0.4, -0.2) is 19.9 Å². The number of rotatable bonds is 8. The van der Waals surface area contributed by atoms with Crippen molar-refractivity contribution in [3.8, 4) is 11.5 Å². The van der Waals surface area contributed by atoms with Gasteiger partial charge in [-0.3, -0.25) is 4.99 Å². The molecule has 0 radical (unpaired) electrons. The van der Waals surface area contributed by atoms with Crippen LogP contribution in [0.4, 0.5) is 5.69 Å². The van der Waals surface area contributed by atoms with Crippen LogP contribution in [0.3, 0.4) is 0 Å². The maximum atomic E-state index is 5.81. The Morgan fingerprint density at radius 2 is 1.79 bits per heavy atom. The van der Waals surface area contributed by atoms with Crippen LogP contribution in [0, 0.1) is 5.92 Å². The number of hydrogen-bond donors (Lipinski definition) is 0. The highest BCUT2D eigenvalue weighted by Crippen LogP contribution is 2.28. The maximum Gasteiger partial charge on any atom is 0.161 e. The van der Waals surface area contributed by atoms with Gasteiger partial charge in [-0.25, -0.2) is 0 Å². The molecule has 0 unspecified atom stereocenters. The zero-order valence-corrected chi connectivity index (χ0v) is 15.1. The Hall–Kier alpha value is -2.29. The van der Waals surface area contributed by atoms with Gasteiger partial charge in [0.1, 0.15) is 0 Å². The number of hydrogen-bond acceptors (Lipinski definition) is 3. The highest BCUT2D eigenvalue weighted by molar-refractivity contribution is 5.83. The molecule has 0 fully saturated rings. The lowest BCUT2D eigenvalue weighted by atomic mass is 10.1. The third kappa shape index (κ3) is 5.41. The van der Waals surface area contributed by atoms with Gasteiger partial charge in [0.05, 0.1) is 19.4 Å². The Morgan fingerprint density at radius 1 is 1.04 bits per heavy atom. The second-order valence-electron chi connectivity index (χ2n) is 6.22. The molecule has 0 aliphatic heterocycles. The molecular weight excluding hydrogens is 298 g/mol. The minimum atomic E-state index is 0.626. The highest BCUT2D eigenvalue weighted by Gasteiger charge is 2.05. The number of benzene rings is 2. The van der Waals surface area contributed by atoms with Gasteiger partial charge in [0.2, 0.25) is 0 Å². The Bertz CT molecular complexity index is 660.